The molecule has 0 fully saturated rings. The van der Waals surface area contributed by atoms with Gasteiger partial charge in [0.1, 0.15) is 19.0 Å². The molecule has 0 unspecified atom stereocenters. The first-order chi connectivity index (χ1) is 11.1. The van der Waals surface area contributed by atoms with Gasteiger partial charge in [-0.2, -0.15) is 0 Å². The number of aromatic nitrogens is 1. The Morgan fingerprint density at radius 2 is 2.13 bits per heavy atom. The van der Waals surface area contributed by atoms with Gasteiger partial charge in [0, 0.05) is 13.2 Å². The molecule has 2 heterocycles. The molecular weight excluding hydrogens is 308 g/mol. The van der Waals surface area contributed by atoms with E-state index < -0.39 is 12.0 Å². The predicted molar refractivity (Wildman–Crippen MR) is 78.0 cm³/mol. The Morgan fingerprint density at radius 1 is 1.35 bits per heavy atom. The highest BCUT2D eigenvalue weighted by Gasteiger charge is 2.28. The molecule has 1 aliphatic heterocycles. The van der Waals surface area contributed by atoms with E-state index in [0.29, 0.717) is 19.8 Å². The second kappa shape index (κ2) is 8.30. The van der Waals surface area contributed by atoms with Gasteiger partial charge < -0.3 is 29.2 Å². The van der Waals surface area contributed by atoms with Crippen LogP contribution in [0.1, 0.15) is 5.69 Å². The van der Waals surface area contributed by atoms with E-state index in [-0.39, 0.29) is 36.4 Å². The van der Waals surface area contributed by atoms with E-state index in [1.807, 2.05) is 0 Å². The van der Waals surface area contributed by atoms with E-state index in [2.05, 4.69) is 9.98 Å². The van der Waals surface area contributed by atoms with Crippen molar-refractivity contribution >= 4 is 11.9 Å². The highest BCUT2D eigenvalue weighted by molar-refractivity contribution is 5.98. The predicted octanol–water partition coefficient (Wildman–Crippen LogP) is 0.0590. The summed E-state index contributed by atoms with van der Waals surface area (Å²) in [6.45, 7) is 1.51. The summed E-state index contributed by atoms with van der Waals surface area (Å²) >= 11 is 0. The van der Waals surface area contributed by atoms with Crippen LogP contribution in [0.25, 0.3) is 0 Å². The number of carboxylic acid groups (broad SMARTS) is 1. The van der Waals surface area contributed by atoms with E-state index in [4.69, 9.17) is 24.1 Å². The molecular formula is C14H18N2O7. The Morgan fingerprint density at radius 3 is 2.83 bits per heavy atom. The second-order valence-electron chi connectivity index (χ2n) is 4.57. The van der Waals surface area contributed by atoms with E-state index in [1.54, 1.807) is 7.11 Å². The molecule has 1 atom stereocenters. The molecule has 9 nitrogen and oxygen atoms in total. The summed E-state index contributed by atoms with van der Waals surface area (Å²) in [6.07, 6.45) is 0. The minimum absolute atomic E-state index is 0.0169. The van der Waals surface area contributed by atoms with E-state index in [1.165, 1.54) is 12.1 Å². The van der Waals surface area contributed by atoms with Crippen LogP contribution in [-0.2, 0) is 19.0 Å². The molecule has 0 aromatic carbocycles. The van der Waals surface area contributed by atoms with Crippen LogP contribution in [-0.4, -0.2) is 73.3 Å². The van der Waals surface area contributed by atoms with Crippen LogP contribution in [0.15, 0.2) is 17.1 Å². The number of ether oxygens (including phenoxy) is 4. The Labute approximate surface area is 132 Å². The summed E-state index contributed by atoms with van der Waals surface area (Å²) in [6, 6.07) is 1.87. The highest BCUT2D eigenvalue weighted by atomic mass is 16.5. The van der Waals surface area contributed by atoms with Crippen molar-refractivity contribution in [1.29, 1.82) is 0 Å². The quantitative estimate of drug-likeness (QED) is 0.611. The van der Waals surface area contributed by atoms with Crippen LogP contribution >= 0.6 is 0 Å². The van der Waals surface area contributed by atoms with Crippen molar-refractivity contribution in [3.05, 3.63) is 17.8 Å². The normalized spacial score (nSPS) is 16.7. The summed E-state index contributed by atoms with van der Waals surface area (Å²) in [5.74, 6) is -1.03. The molecule has 126 valence electrons. The van der Waals surface area contributed by atoms with Crippen molar-refractivity contribution in [2.45, 2.75) is 6.04 Å². The number of hydrogen-bond acceptors (Lipinski definition) is 8. The van der Waals surface area contributed by atoms with Crippen molar-refractivity contribution in [3.8, 4) is 11.6 Å². The lowest BCUT2D eigenvalue weighted by atomic mass is 10.3. The van der Waals surface area contributed by atoms with Gasteiger partial charge in [0.05, 0.1) is 19.8 Å². The lowest BCUT2D eigenvalue weighted by Gasteiger charge is -2.08. The fourth-order valence-corrected chi connectivity index (χ4v) is 1.75. The minimum Gasteiger partial charge on any atom is -0.505 e. The van der Waals surface area contributed by atoms with Crippen molar-refractivity contribution in [3.63, 3.8) is 0 Å². The van der Waals surface area contributed by atoms with Crippen LogP contribution in [0, 0.1) is 0 Å². The number of aromatic hydroxyl groups is 1. The number of aliphatic carboxylic acids is 1. The van der Waals surface area contributed by atoms with Gasteiger partial charge in [-0.3, -0.25) is 0 Å². The fraction of sp³-hybridized carbons (Fsp3) is 0.500. The molecule has 0 saturated carbocycles. The largest absolute Gasteiger partial charge is 0.505 e. The number of rotatable bonds is 9. The molecule has 0 bridgehead atoms. The maximum Gasteiger partial charge on any atom is 0.332 e. The molecule has 0 amide bonds. The lowest BCUT2D eigenvalue weighted by molar-refractivity contribution is -0.138. The smallest absolute Gasteiger partial charge is 0.332 e. The maximum absolute atomic E-state index is 10.9. The Kier molecular flexibility index (Phi) is 6.12. The molecule has 2 N–H and O–H groups in total. The van der Waals surface area contributed by atoms with Crippen molar-refractivity contribution in [1.82, 2.24) is 4.98 Å². The van der Waals surface area contributed by atoms with Crippen LogP contribution < -0.4 is 4.74 Å². The average molecular weight is 326 g/mol. The van der Waals surface area contributed by atoms with Gasteiger partial charge in [-0.1, -0.05) is 0 Å². The van der Waals surface area contributed by atoms with E-state index >= 15 is 0 Å². The zero-order valence-electron chi connectivity index (χ0n) is 12.6. The monoisotopic (exact) mass is 326 g/mol. The van der Waals surface area contributed by atoms with Gasteiger partial charge in [-0.05, 0) is 6.07 Å². The summed E-state index contributed by atoms with van der Waals surface area (Å²) in [4.78, 5) is 18.8. The van der Waals surface area contributed by atoms with Crippen molar-refractivity contribution in [2.24, 2.45) is 4.99 Å². The first kappa shape index (κ1) is 17.0. The fourth-order valence-electron chi connectivity index (χ4n) is 1.75. The third kappa shape index (κ3) is 4.80. The molecule has 0 spiro atoms. The van der Waals surface area contributed by atoms with Crippen LogP contribution in [0.2, 0.25) is 0 Å². The number of methoxy groups -OCH3 is 1. The molecule has 1 aromatic rings. The standard InChI is InChI=1S/C14H18N2O7/c1-20-4-5-21-6-7-22-11-3-2-10(17)12(16-11)13-15-9(8-23-13)14(18)19/h2-3,9,17H,4-8H2,1H3,(H,18,19)/t9-/m1/s1. The molecule has 2 rings (SSSR count). The number of hydrogen-bond donors (Lipinski definition) is 2. The Hall–Kier alpha value is -2.39. The summed E-state index contributed by atoms with van der Waals surface area (Å²) < 4.78 is 20.7. The number of pyridine rings is 1. The Balaban J connectivity index is 1.94. The number of nitrogens with zero attached hydrogens (tertiary/aromatic N) is 2. The van der Waals surface area contributed by atoms with Gasteiger partial charge in [-0.15, -0.1) is 0 Å². The first-order valence-corrected chi connectivity index (χ1v) is 6.95. The number of carbonyl (C=O) groups is 1. The molecule has 1 aromatic heterocycles. The van der Waals surface area contributed by atoms with Crippen LogP contribution in [0.5, 0.6) is 11.6 Å². The maximum atomic E-state index is 10.9. The van der Waals surface area contributed by atoms with Crippen LogP contribution in [0.3, 0.4) is 0 Å². The zero-order chi connectivity index (χ0) is 16.7. The van der Waals surface area contributed by atoms with Gasteiger partial charge >= 0.3 is 5.97 Å². The minimum atomic E-state index is -1.10. The molecule has 9 heteroatoms. The average Bonchev–Trinajstić information content (AvgIpc) is 3.02. The van der Waals surface area contributed by atoms with Crippen molar-refractivity contribution in [2.75, 3.05) is 40.1 Å². The molecule has 23 heavy (non-hydrogen) atoms. The summed E-state index contributed by atoms with van der Waals surface area (Å²) in [7, 11) is 1.59. The van der Waals surface area contributed by atoms with E-state index in [9.17, 15) is 9.90 Å². The molecule has 0 saturated heterocycles. The van der Waals surface area contributed by atoms with Crippen LogP contribution in [0.4, 0.5) is 0 Å². The van der Waals surface area contributed by atoms with Gasteiger partial charge in [0.15, 0.2) is 11.7 Å². The molecule has 0 radical (unpaired) electrons. The van der Waals surface area contributed by atoms with Gasteiger partial charge in [0.25, 0.3) is 0 Å². The lowest BCUT2D eigenvalue weighted by Crippen LogP contribution is -2.18. The van der Waals surface area contributed by atoms with E-state index in [0.717, 1.165) is 0 Å². The van der Waals surface area contributed by atoms with Gasteiger partial charge in [-0.25, -0.2) is 14.8 Å². The third-order valence-electron chi connectivity index (χ3n) is 2.90. The number of carboxylic acids is 1. The van der Waals surface area contributed by atoms with Gasteiger partial charge in [0.2, 0.25) is 11.8 Å². The second-order valence-corrected chi connectivity index (χ2v) is 4.57. The highest BCUT2D eigenvalue weighted by Crippen LogP contribution is 2.22. The Bertz CT molecular complexity index is 576. The number of aliphatic imine (C=N–C) groups is 1. The first-order valence-electron chi connectivity index (χ1n) is 6.95. The molecule has 1 aliphatic rings. The molecule has 0 aliphatic carbocycles. The summed E-state index contributed by atoms with van der Waals surface area (Å²) in [5, 5.41) is 18.7. The zero-order valence-corrected chi connectivity index (χ0v) is 12.6. The SMILES string of the molecule is COCCOCCOc1ccc(O)c(C2=N[C@@H](C(=O)O)CO2)n1. The topological polar surface area (TPSA) is 120 Å². The van der Waals surface area contributed by atoms with Crippen molar-refractivity contribution < 1.29 is 34.0 Å². The third-order valence-corrected chi connectivity index (χ3v) is 2.90. The summed E-state index contributed by atoms with van der Waals surface area (Å²) in [5.41, 5.74) is 0.0477.